The molecule has 1 atom stereocenters. The van der Waals surface area contributed by atoms with Gasteiger partial charge in [-0.15, -0.1) is 24.0 Å². The second-order valence-electron chi connectivity index (χ2n) is 5.82. The lowest BCUT2D eigenvalue weighted by atomic mass is 9.84. The molecule has 0 aliphatic heterocycles. The van der Waals surface area contributed by atoms with Gasteiger partial charge in [0.1, 0.15) is 5.82 Å². The van der Waals surface area contributed by atoms with Crippen LogP contribution in [0.3, 0.4) is 0 Å². The van der Waals surface area contributed by atoms with Crippen LogP contribution in [0, 0.1) is 5.82 Å². The number of aliphatic imine (C=N–C) groups is 1. The van der Waals surface area contributed by atoms with Crippen LogP contribution in [0.1, 0.15) is 26.3 Å². The van der Waals surface area contributed by atoms with Crippen LogP contribution in [0.4, 0.5) is 4.39 Å². The Hall–Kier alpha value is -0.890. The number of guanidine groups is 1. The lowest BCUT2D eigenvalue weighted by molar-refractivity contribution is 0.179. The maximum atomic E-state index is 13.3. The quantitative estimate of drug-likeness (QED) is 0.420. The molecule has 0 spiro atoms. The van der Waals surface area contributed by atoms with E-state index >= 15 is 0 Å². The second kappa shape index (κ2) is 9.99. The fourth-order valence-electron chi connectivity index (χ4n) is 2.04. The number of hydrogen-bond acceptors (Lipinski definition) is 2. The summed E-state index contributed by atoms with van der Waals surface area (Å²) < 4.78 is 18.4. The summed E-state index contributed by atoms with van der Waals surface area (Å²) in [4.78, 5) is 4.19. The van der Waals surface area contributed by atoms with Gasteiger partial charge in [0, 0.05) is 32.2 Å². The summed E-state index contributed by atoms with van der Waals surface area (Å²) in [7, 11) is 3.39. The van der Waals surface area contributed by atoms with E-state index in [2.05, 4.69) is 29.5 Å². The zero-order valence-electron chi connectivity index (χ0n) is 13.9. The Morgan fingerprint density at radius 3 is 2.64 bits per heavy atom. The van der Waals surface area contributed by atoms with E-state index in [0.29, 0.717) is 19.1 Å². The topological polar surface area (TPSA) is 45.7 Å². The van der Waals surface area contributed by atoms with Crippen LogP contribution in [0.5, 0.6) is 0 Å². The number of methoxy groups -OCH3 is 1. The molecule has 0 bridgehead atoms. The number of ether oxygens (including phenoxy) is 1. The zero-order valence-corrected chi connectivity index (χ0v) is 16.3. The van der Waals surface area contributed by atoms with Crippen LogP contribution in [0.15, 0.2) is 29.3 Å². The lowest BCUT2D eigenvalue weighted by Crippen LogP contribution is -2.47. The van der Waals surface area contributed by atoms with Crippen LogP contribution in [-0.2, 0) is 10.2 Å². The van der Waals surface area contributed by atoms with E-state index in [1.807, 2.05) is 13.0 Å². The molecule has 1 aromatic carbocycles. The van der Waals surface area contributed by atoms with E-state index in [9.17, 15) is 4.39 Å². The minimum Gasteiger partial charge on any atom is -0.383 e. The maximum Gasteiger partial charge on any atom is 0.191 e. The van der Waals surface area contributed by atoms with Gasteiger partial charge in [0.25, 0.3) is 0 Å². The minimum atomic E-state index is -0.211. The first kappa shape index (κ1) is 21.1. The number of nitrogens with one attached hydrogen (secondary N) is 2. The molecular formula is C16H27FIN3O. The monoisotopic (exact) mass is 423 g/mol. The fourth-order valence-corrected chi connectivity index (χ4v) is 2.04. The first-order valence-electron chi connectivity index (χ1n) is 7.11. The van der Waals surface area contributed by atoms with Gasteiger partial charge in [-0.2, -0.15) is 0 Å². The van der Waals surface area contributed by atoms with Crippen molar-refractivity contribution in [1.82, 2.24) is 10.6 Å². The van der Waals surface area contributed by atoms with Gasteiger partial charge in [-0.05, 0) is 24.6 Å². The molecule has 0 radical (unpaired) electrons. The third kappa shape index (κ3) is 6.91. The predicted molar refractivity (Wildman–Crippen MR) is 101 cm³/mol. The number of rotatable bonds is 6. The van der Waals surface area contributed by atoms with Crippen molar-refractivity contribution in [3.05, 3.63) is 35.6 Å². The lowest BCUT2D eigenvalue weighted by Gasteiger charge is -2.27. The molecule has 0 saturated heterocycles. The van der Waals surface area contributed by atoms with E-state index in [1.165, 1.54) is 6.07 Å². The zero-order chi connectivity index (χ0) is 15.9. The van der Waals surface area contributed by atoms with Crippen molar-refractivity contribution in [2.24, 2.45) is 4.99 Å². The van der Waals surface area contributed by atoms with Gasteiger partial charge in [-0.25, -0.2) is 4.39 Å². The average Bonchev–Trinajstić information content (AvgIpc) is 2.43. The van der Waals surface area contributed by atoms with Crippen LogP contribution in [0.25, 0.3) is 0 Å². The molecule has 22 heavy (non-hydrogen) atoms. The van der Waals surface area contributed by atoms with Crippen LogP contribution >= 0.6 is 24.0 Å². The molecule has 2 N–H and O–H groups in total. The summed E-state index contributed by atoms with van der Waals surface area (Å²) in [5, 5.41) is 6.52. The maximum absolute atomic E-state index is 13.3. The van der Waals surface area contributed by atoms with Gasteiger partial charge in [0.05, 0.1) is 6.61 Å². The Kier molecular flexibility index (Phi) is 9.59. The predicted octanol–water partition coefficient (Wildman–Crippen LogP) is 2.92. The number of hydrogen-bond donors (Lipinski definition) is 2. The molecule has 1 aromatic rings. The summed E-state index contributed by atoms with van der Waals surface area (Å²) in [6, 6.07) is 6.87. The summed E-state index contributed by atoms with van der Waals surface area (Å²) >= 11 is 0. The van der Waals surface area contributed by atoms with Gasteiger partial charge in [0.15, 0.2) is 5.96 Å². The fraction of sp³-hybridized carbons (Fsp3) is 0.562. The highest BCUT2D eigenvalue weighted by atomic mass is 127. The van der Waals surface area contributed by atoms with Crippen molar-refractivity contribution in [2.45, 2.75) is 32.2 Å². The molecule has 0 fully saturated rings. The van der Waals surface area contributed by atoms with Crippen molar-refractivity contribution >= 4 is 29.9 Å². The van der Waals surface area contributed by atoms with Gasteiger partial charge in [-0.3, -0.25) is 4.99 Å². The Labute approximate surface area is 149 Å². The van der Waals surface area contributed by atoms with Gasteiger partial charge in [-0.1, -0.05) is 26.0 Å². The molecule has 6 heteroatoms. The first-order chi connectivity index (χ1) is 9.89. The van der Waals surface area contributed by atoms with E-state index in [0.717, 1.165) is 5.56 Å². The van der Waals surface area contributed by atoms with Gasteiger partial charge < -0.3 is 15.4 Å². The van der Waals surface area contributed by atoms with Gasteiger partial charge >= 0.3 is 0 Å². The third-order valence-electron chi connectivity index (χ3n) is 3.33. The molecule has 0 aliphatic carbocycles. The van der Waals surface area contributed by atoms with Crippen LogP contribution in [0.2, 0.25) is 0 Å². The van der Waals surface area contributed by atoms with E-state index in [1.54, 1.807) is 26.3 Å². The van der Waals surface area contributed by atoms with Crippen LogP contribution < -0.4 is 10.6 Å². The van der Waals surface area contributed by atoms with Crippen molar-refractivity contribution in [2.75, 3.05) is 27.3 Å². The highest BCUT2D eigenvalue weighted by Crippen LogP contribution is 2.22. The standard InChI is InChI=1S/C16H26FN3O.HI/c1-12(10-21-5)20-15(18-4)19-11-16(2,3)13-7-6-8-14(17)9-13;/h6-9,12H,10-11H2,1-5H3,(H2,18,19,20);1H. The largest absolute Gasteiger partial charge is 0.383 e. The summed E-state index contributed by atoms with van der Waals surface area (Å²) in [5.74, 6) is 0.501. The molecule has 0 aliphatic rings. The molecule has 0 saturated carbocycles. The van der Waals surface area contributed by atoms with E-state index in [4.69, 9.17) is 4.74 Å². The van der Waals surface area contributed by atoms with Crippen molar-refractivity contribution in [3.8, 4) is 0 Å². The molecule has 4 nitrogen and oxygen atoms in total. The Balaban J connectivity index is 0.00000441. The number of nitrogens with zero attached hydrogens (tertiary/aromatic N) is 1. The number of halogens is 2. The van der Waals surface area contributed by atoms with Crippen molar-refractivity contribution in [1.29, 1.82) is 0 Å². The summed E-state index contributed by atoms with van der Waals surface area (Å²) in [6.45, 7) is 7.42. The number of benzene rings is 1. The Bertz CT molecular complexity index is 480. The average molecular weight is 423 g/mol. The third-order valence-corrected chi connectivity index (χ3v) is 3.33. The smallest absolute Gasteiger partial charge is 0.191 e. The summed E-state index contributed by atoms with van der Waals surface area (Å²) in [5.41, 5.74) is 0.750. The minimum absolute atomic E-state index is 0. The van der Waals surface area contributed by atoms with Crippen molar-refractivity contribution in [3.63, 3.8) is 0 Å². The summed E-state index contributed by atoms with van der Waals surface area (Å²) in [6.07, 6.45) is 0. The Morgan fingerprint density at radius 2 is 2.09 bits per heavy atom. The molecule has 0 aromatic heterocycles. The molecule has 1 rings (SSSR count). The van der Waals surface area contributed by atoms with Crippen LogP contribution in [-0.4, -0.2) is 39.3 Å². The molecule has 126 valence electrons. The van der Waals surface area contributed by atoms with Gasteiger partial charge in [0.2, 0.25) is 0 Å². The molecule has 1 unspecified atom stereocenters. The first-order valence-corrected chi connectivity index (χ1v) is 7.11. The van der Waals surface area contributed by atoms with Crippen molar-refractivity contribution < 1.29 is 9.13 Å². The highest BCUT2D eigenvalue weighted by molar-refractivity contribution is 14.0. The normalized spacial score (nSPS) is 13.3. The SMILES string of the molecule is CN=C(NCC(C)(C)c1cccc(F)c1)NC(C)COC.I. The molecule has 0 heterocycles. The highest BCUT2D eigenvalue weighted by Gasteiger charge is 2.21. The Morgan fingerprint density at radius 1 is 1.41 bits per heavy atom. The second-order valence-corrected chi connectivity index (χ2v) is 5.82. The van der Waals surface area contributed by atoms with E-state index < -0.39 is 0 Å². The molecule has 0 amide bonds. The molecular weight excluding hydrogens is 396 g/mol. The van der Waals surface area contributed by atoms with E-state index in [-0.39, 0.29) is 41.3 Å².